The van der Waals surface area contributed by atoms with Crippen LogP contribution in [-0.4, -0.2) is 28.8 Å². The summed E-state index contributed by atoms with van der Waals surface area (Å²) in [6.07, 6.45) is 3.64. The van der Waals surface area contributed by atoms with E-state index in [1.165, 1.54) is 12.6 Å². The Labute approximate surface area is 174 Å². The van der Waals surface area contributed by atoms with Crippen LogP contribution in [0.1, 0.15) is 56.6 Å². The van der Waals surface area contributed by atoms with Gasteiger partial charge in [0.15, 0.2) is 0 Å². The zero-order valence-electron chi connectivity index (χ0n) is 16.9. The molecule has 1 aliphatic rings. The van der Waals surface area contributed by atoms with Gasteiger partial charge in [-0.2, -0.15) is 18.2 Å². The molecule has 162 valence electrons. The summed E-state index contributed by atoms with van der Waals surface area (Å²) in [5.41, 5.74) is 1.07. The van der Waals surface area contributed by atoms with E-state index in [0.29, 0.717) is 11.3 Å². The molecule has 0 bridgehead atoms. The van der Waals surface area contributed by atoms with Gasteiger partial charge >= 0.3 is 6.18 Å². The van der Waals surface area contributed by atoms with Gasteiger partial charge in [-0.25, -0.2) is 4.98 Å². The number of hydrogen-bond acceptors (Lipinski definition) is 6. The van der Waals surface area contributed by atoms with E-state index in [2.05, 4.69) is 32.8 Å². The molecule has 3 rings (SSSR count). The fourth-order valence-electron chi connectivity index (χ4n) is 3.06. The first-order valence-electron chi connectivity index (χ1n) is 10.3. The average Bonchev–Trinajstić information content (AvgIpc) is 3.51. The molecule has 1 aromatic heterocycles. The Hall–Kier alpha value is -2.84. The van der Waals surface area contributed by atoms with Crippen LogP contribution in [0.4, 0.5) is 36.3 Å². The zero-order valence-corrected chi connectivity index (χ0v) is 16.9. The highest BCUT2D eigenvalue weighted by Gasteiger charge is 2.36. The molecule has 1 aliphatic carbocycles. The molecule has 1 saturated carbocycles. The molecular weight excluding hydrogens is 393 g/mol. The lowest BCUT2D eigenvalue weighted by molar-refractivity contribution is -0.137. The SMILES string of the molecule is CCCCCCNc1cccc(Nc2ncc(C(F)(F)F)c(NC3CC3)n2)c1C=N. The van der Waals surface area contributed by atoms with Crippen molar-refractivity contribution < 1.29 is 13.2 Å². The predicted molar refractivity (Wildman–Crippen MR) is 114 cm³/mol. The Morgan fingerprint density at radius 3 is 2.60 bits per heavy atom. The smallest absolute Gasteiger partial charge is 0.384 e. The van der Waals surface area contributed by atoms with Gasteiger partial charge in [-0.15, -0.1) is 0 Å². The van der Waals surface area contributed by atoms with Gasteiger partial charge in [-0.05, 0) is 31.4 Å². The van der Waals surface area contributed by atoms with Gasteiger partial charge in [0, 0.05) is 36.2 Å². The molecule has 9 heteroatoms. The van der Waals surface area contributed by atoms with Gasteiger partial charge in [-0.1, -0.05) is 32.3 Å². The maximum absolute atomic E-state index is 13.3. The molecule has 0 spiro atoms. The van der Waals surface area contributed by atoms with Gasteiger partial charge in [0.25, 0.3) is 0 Å². The molecule has 6 nitrogen and oxygen atoms in total. The number of benzene rings is 1. The summed E-state index contributed by atoms with van der Waals surface area (Å²) < 4.78 is 39.8. The first kappa shape index (κ1) is 21.9. The van der Waals surface area contributed by atoms with Crippen LogP contribution in [0.15, 0.2) is 24.4 Å². The molecule has 0 radical (unpaired) electrons. The van der Waals surface area contributed by atoms with Gasteiger partial charge in [0.2, 0.25) is 5.95 Å². The fourth-order valence-corrected chi connectivity index (χ4v) is 3.06. The maximum Gasteiger partial charge on any atom is 0.421 e. The van der Waals surface area contributed by atoms with Crippen LogP contribution in [0.5, 0.6) is 0 Å². The minimum absolute atomic E-state index is 0.0197. The highest BCUT2D eigenvalue weighted by molar-refractivity contribution is 5.94. The van der Waals surface area contributed by atoms with E-state index in [1.807, 2.05) is 12.1 Å². The molecule has 0 atom stereocenters. The minimum atomic E-state index is -4.53. The van der Waals surface area contributed by atoms with Crippen molar-refractivity contribution >= 4 is 29.4 Å². The summed E-state index contributed by atoms with van der Waals surface area (Å²) in [4.78, 5) is 7.92. The third kappa shape index (κ3) is 5.84. The van der Waals surface area contributed by atoms with Gasteiger partial charge in [0.05, 0.1) is 5.69 Å². The zero-order chi connectivity index (χ0) is 21.6. The molecule has 0 aliphatic heterocycles. The molecule has 1 fully saturated rings. The Balaban J connectivity index is 1.78. The summed E-state index contributed by atoms with van der Waals surface area (Å²) in [7, 11) is 0. The molecule has 1 aromatic carbocycles. The van der Waals surface area contributed by atoms with Crippen LogP contribution in [0.25, 0.3) is 0 Å². The van der Waals surface area contributed by atoms with E-state index in [-0.39, 0.29) is 17.8 Å². The van der Waals surface area contributed by atoms with Gasteiger partial charge in [-0.3, -0.25) is 0 Å². The lowest BCUT2D eigenvalue weighted by atomic mass is 10.1. The van der Waals surface area contributed by atoms with Crippen molar-refractivity contribution in [2.45, 2.75) is 57.7 Å². The predicted octanol–water partition coefficient (Wildman–Crippen LogP) is 5.80. The Morgan fingerprint density at radius 2 is 1.93 bits per heavy atom. The highest BCUT2D eigenvalue weighted by atomic mass is 19.4. The largest absolute Gasteiger partial charge is 0.421 e. The second kappa shape index (κ2) is 9.77. The molecular formula is C21H27F3N6. The summed E-state index contributed by atoms with van der Waals surface area (Å²) >= 11 is 0. The number of nitrogens with one attached hydrogen (secondary N) is 4. The number of alkyl halides is 3. The van der Waals surface area contributed by atoms with Crippen LogP contribution in [0.2, 0.25) is 0 Å². The van der Waals surface area contributed by atoms with Crippen molar-refractivity contribution in [2.75, 3.05) is 22.5 Å². The van der Waals surface area contributed by atoms with Crippen LogP contribution in [0.3, 0.4) is 0 Å². The number of hydrogen-bond donors (Lipinski definition) is 4. The normalized spacial score (nSPS) is 13.7. The monoisotopic (exact) mass is 420 g/mol. The second-order valence-corrected chi connectivity index (χ2v) is 7.40. The Bertz CT molecular complexity index is 864. The fraction of sp³-hybridized carbons (Fsp3) is 0.476. The summed E-state index contributed by atoms with van der Waals surface area (Å²) in [5.74, 6) is -0.168. The first-order valence-corrected chi connectivity index (χ1v) is 10.3. The van der Waals surface area contributed by atoms with E-state index >= 15 is 0 Å². The van der Waals surface area contributed by atoms with Crippen LogP contribution in [-0.2, 0) is 6.18 Å². The van der Waals surface area contributed by atoms with Crippen molar-refractivity contribution in [3.8, 4) is 0 Å². The first-order chi connectivity index (χ1) is 14.4. The molecule has 0 unspecified atom stereocenters. The number of anilines is 4. The lowest BCUT2D eigenvalue weighted by Gasteiger charge is -2.16. The molecule has 2 aromatic rings. The topological polar surface area (TPSA) is 85.7 Å². The number of rotatable bonds is 11. The molecule has 0 amide bonds. The third-order valence-corrected chi connectivity index (χ3v) is 4.86. The van der Waals surface area contributed by atoms with Crippen molar-refractivity contribution in [1.82, 2.24) is 9.97 Å². The van der Waals surface area contributed by atoms with E-state index in [1.54, 1.807) is 6.07 Å². The maximum atomic E-state index is 13.3. The van der Waals surface area contributed by atoms with Gasteiger partial charge < -0.3 is 21.4 Å². The minimum Gasteiger partial charge on any atom is -0.384 e. The number of aromatic nitrogens is 2. The van der Waals surface area contributed by atoms with Crippen LogP contribution in [0, 0.1) is 5.41 Å². The van der Waals surface area contributed by atoms with Crippen LogP contribution < -0.4 is 16.0 Å². The standard InChI is InChI=1S/C21H27F3N6/c1-2-3-4-5-11-26-17-7-6-8-18(15(17)12-25)29-20-27-13-16(21(22,23)24)19(30-20)28-14-9-10-14/h6-8,12-14,25-26H,2-5,9-11H2,1H3,(H2,27,28,29,30). The Morgan fingerprint density at radius 1 is 1.17 bits per heavy atom. The second-order valence-electron chi connectivity index (χ2n) is 7.40. The molecule has 0 saturated heterocycles. The van der Waals surface area contributed by atoms with E-state index < -0.39 is 11.7 Å². The highest BCUT2D eigenvalue weighted by Crippen LogP contribution is 2.36. The van der Waals surface area contributed by atoms with Crippen molar-refractivity contribution in [1.29, 1.82) is 5.41 Å². The van der Waals surface area contributed by atoms with Crippen molar-refractivity contribution in [3.63, 3.8) is 0 Å². The molecule has 1 heterocycles. The lowest BCUT2D eigenvalue weighted by Crippen LogP contribution is -2.15. The number of nitrogens with zero attached hydrogens (tertiary/aromatic N) is 2. The Kier molecular flexibility index (Phi) is 7.12. The third-order valence-electron chi connectivity index (χ3n) is 4.86. The number of halogens is 3. The van der Waals surface area contributed by atoms with E-state index in [4.69, 9.17) is 5.41 Å². The average molecular weight is 420 g/mol. The van der Waals surface area contributed by atoms with E-state index in [9.17, 15) is 13.2 Å². The number of unbranched alkanes of at least 4 members (excludes halogenated alkanes) is 3. The van der Waals surface area contributed by atoms with Crippen LogP contribution >= 0.6 is 0 Å². The summed E-state index contributed by atoms with van der Waals surface area (Å²) in [6, 6.07) is 5.46. The van der Waals surface area contributed by atoms with Crippen molar-refractivity contribution in [3.05, 3.63) is 35.5 Å². The summed E-state index contributed by atoms with van der Waals surface area (Å²) in [6.45, 7) is 2.95. The van der Waals surface area contributed by atoms with E-state index in [0.717, 1.165) is 50.5 Å². The van der Waals surface area contributed by atoms with Crippen molar-refractivity contribution in [2.24, 2.45) is 0 Å². The summed E-state index contributed by atoms with van der Waals surface area (Å²) in [5, 5.41) is 16.9. The molecule has 4 N–H and O–H groups in total. The quantitative estimate of drug-likeness (QED) is 0.273. The van der Waals surface area contributed by atoms with Gasteiger partial charge in [0.1, 0.15) is 11.4 Å². The molecule has 30 heavy (non-hydrogen) atoms.